The summed E-state index contributed by atoms with van der Waals surface area (Å²) in [5.74, 6) is 1.00. The highest BCUT2D eigenvalue weighted by Crippen LogP contribution is 2.30. The van der Waals surface area contributed by atoms with Gasteiger partial charge >= 0.3 is 0 Å². The number of nitrogens with one attached hydrogen (secondary N) is 2. The van der Waals surface area contributed by atoms with Crippen LogP contribution in [0.3, 0.4) is 0 Å². The van der Waals surface area contributed by atoms with Crippen LogP contribution in [0, 0.1) is 6.92 Å². The Hall–Kier alpha value is -3.71. The van der Waals surface area contributed by atoms with Crippen LogP contribution in [-0.2, 0) is 13.1 Å². The van der Waals surface area contributed by atoms with Crippen LogP contribution in [0.2, 0.25) is 0 Å². The summed E-state index contributed by atoms with van der Waals surface area (Å²) in [5.41, 5.74) is 6.26. The summed E-state index contributed by atoms with van der Waals surface area (Å²) in [6.07, 6.45) is 8.77. The van der Waals surface area contributed by atoms with Gasteiger partial charge in [-0.05, 0) is 96.9 Å². The number of carbonyl (C=O) groups is 2. The number of aromatic nitrogens is 1. The molecule has 0 unspecified atom stereocenters. The first kappa shape index (κ1) is 29.3. The number of nitrogens with zero attached hydrogens (tertiary/aromatic N) is 2. The highest BCUT2D eigenvalue weighted by molar-refractivity contribution is 6.06. The molecule has 0 bridgehead atoms. The average molecular weight is 543 g/mol. The van der Waals surface area contributed by atoms with Crippen molar-refractivity contribution in [2.75, 3.05) is 25.1 Å². The van der Waals surface area contributed by atoms with Gasteiger partial charge in [0.05, 0.1) is 7.11 Å². The Labute approximate surface area is 238 Å². The Balaban J connectivity index is 1.59. The van der Waals surface area contributed by atoms with Crippen LogP contribution in [0.15, 0.2) is 54.9 Å². The Morgan fingerprint density at radius 3 is 2.50 bits per heavy atom. The second kappa shape index (κ2) is 14.1. The highest BCUT2D eigenvalue weighted by atomic mass is 16.5. The Morgan fingerprint density at radius 1 is 1.00 bits per heavy atom. The first-order valence-electron chi connectivity index (χ1n) is 14.4. The lowest BCUT2D eigenvalue weighted by atomic mass is 9.96. The molecule has 2 heterocycles. The predicted molar refractivity (Wildman–Crippen MR) is 160 cm³/mol. The molecule has 0 aliphatic carbocycles. The maximum Gasteiger partial charge on any atom is 0.258 e. The van der Waals surface area contributed by atoms with E-state index < -0.39 is 0 Å². The third kappa shape index (κ3) is 7.27. The van der Waals surface area contributed by atoms with Crippen molar-refractivity contribution in [1.82, 2.24) is 15.6 Å². The van der Waals surface area contributed by atoms with Crippen LogP contribution < -0.4 is 20.3 Å². The van der Waals surface area contributed by atoms with E-state index in [0.29, 0.717) is 36.7 Å². The van der Waals surface area contributed by atoms with Gasteiger partial charge in [0.25, 0.3) is 11.8 Å². The van der Waals surface area contributed by atoms with E-state index in [9.17, 15) is 9.59 Å². The number of pyridine rings is 1. The molecule has 2 aromatic carbocycles. The van der Waals surface area contributed by atoms with Crippen LogP contribution in [0.25, 0.3) is 0 Å². The number of aryl methyl sites for hydroxylation is 1. The van der Waals surface area contributed by atoms with Crippen LogP contribution in [0.1, 0.15) is 94.8 Å². The standard InChI is InChI=1S/C33H42N4O3/c1-23(2)29-20-27(24(3)18-31(29)40-4)22-36-32(38)26-10-11-30-28(19-26)21-35-14-8-6-5-7-9-17-37(30)33(39)25-12-15-34-16-13-25/h10-13,15-16,18-20,23,35H,5-9,14,17,21-22H2,1-4H3,(H,36,38). The Morgan fingerprint density at radius 2 is 1.75 bits per heavy atom. The number of rotatable bonds is 6. The summed E-state index contributed by atoms with van der Waals surface area (Å²) in [4.78, 5) is 32.9. The smallest absolute Gasteiger partial charge is 0.258 e. The lowest BCUT2D eigenvalue weighted by Gasteiger charge is -2.27. The lowest BCUT2D eigenvalue weighted by molar-refractivity contribution is 0.0949. The molecule has 40 heavy (non-hydrogen) atoms. The maximum absolute atomic E-state index is 13.6. The molecule has 3 aromatic rings. The summed E-state index contributed by atoms with van der Waals surface area (Å²) >= 11 is 0. The van der Waals surface area contributed by atoms with Crippen molar-refractivity contribution in [3.8, 4) is 5.75 Å². The quantitative estimate of drug-likeness (QED) is 0.390. The third-order valence-corrected chi connectivity index (χ3v) is 7.61. The molecule has 1 aromatic heterocycles. The molecule has 0 spiro atoms. The van der Waals surface area contributed by atoms with E-state index in [4.69, 9.17) is 4.74 Å². The number of anilines is 1. The molecule has 7 heteroatoms. The van der Waals surface area contributed by atoms with E-state index in [1.807, 2.05) is 36.1 Å². The van der Waals surface area contributed by atoms with Crippen LogP contribution in [-0.4, -0.2) is 37.0 Å². The number of amides is 2. The molecule has 1 aliphatic rings. The van der Waals surface area contributed by atoms with Crippen molar-refractivity contribution in [3.63, 3.8) is 0 Å². The minimum absolute atomic E-state index is 0.0474. The van der Waals surface area contributed by atoms with E-state index in [1.165, 1.54) is 6.42 Å². The summed E-state index contributed by atoms with van der Waals surface area (Å²) in [5, 5.41) is 6.63. The molecule has 2 amide bonds. The van der Waals surface area contributed by atoms with Crippen molar-refractivity contribution in [3.05, 3.63) is 88.2 Å². The van der Waals surface area contributed by atoms with Crippen LogP contribution in [0.4, 0.5) is 5.69 Å². The maximum atomic E-state index is 13.6. The molecular weight excluding hydrogens is 500 g/mol. The molecule has 7 nitrogen and oxygen atoms in total. The molecule has 0 fully saturated rings. The van der Waals surface area contributed by atoms with Crippen molar-refractivity contribution >= 4 is 17.5 Å². The van der Waals surface area contributed by atoms with Crippen molar-refractivity contribution in [2.24, 2.45) is 0 Å². The fourth-order valence-corrected chi connectivity index (χ4v) is 5.23. The average Bonchev–Trinajstić information content (AvgIpc) is 2.96. The SMILES string of the molecule is COc1cc(C)c(CNC(=O)c2ccc3c(c2)CNCCCCCCCN3C(=O)c2ccncc2)cc1C(C)C. The van der Waals surface area contributed by atoms with Gasteiger partial charge in [0.2, 0.25) is 0 Å². The third-order valence-electron chi connectivity index (χ3n) is 7.61. The number of methoxy groups -OCH3 is 1. The van der Waals surface area contributed by atoms with Gasteiger partial charge in [0.15, 0.2) is 0 Å². The van der Waals surface area contributed by atoms with E-state index in [-0.39, 0.29) is 11.8 Å². The topological polar surface area (TPSA) is 83.6 Å². The Bertz CT molecular complexity index is 1310. The first-order valence-corrected chi connectivity index (χ1v) is 14.4. The van der Waals surface area contributed by atoms with E-state index in [2.05, 4.69) is 35.5 Å². The van der Waals surface area contributed by atoms with E-state index in [0.717, 1.165) is 65.9 Å². The number of benzene rings is 2. The molecule has 0 atom stereocenters. The second-order valence-corrected chi connectivity index (χ2v) is 10.8. The summed E-state index contributed by atoms with van der Waals surface area (Å²) in [6.45, 7) is 8.87. The van der Waals surface area contributed by atoms with Gasteiger partial charge < -0.3 is 20.3 Å². The van der Waals surface area contributed by atoms with Crippen LogP contribution in [0.5, 0.6) is 5.75 Å². The number of hydrogen-bond acceptors (Lipinski definition) is 5. The molecular formula is C33H42N4O3. The van der Waals surface area contributed by atoms with Gasteiger partial charge in [-0.25, -0.2) is 0 Å². The monoisotopic (exact) mass is 542 g/mol. The minimum Gasteiger partial charge on any atom is -0.496 e. The van der Waals surface area contributed by atoms with E-state index >= 15 is 0 Å². The number of hydrogen-bond donors (Lipinski definition) is 2. The molecule has 2 N–H and O–H groups in total. The fraction of sp³-hybridized carbons (Fsp3) is 0.424. The largest absolute Gasteiger partial charge is 0.496 e. The summed E-state index contributed by atoms with van der Waals surface area (Å²) < 4.78 is 5.57. The van der Waals surface area contributed by atoms with Gasteiger partial charge in [-0.2, -0.15) is 0 Å². The van der Waals surface area contributed by atoms with Crippen molar-refractivity contribution in [1.29, 1.82) is 0 Å². The second-order valence-electron chi connectivity index (χ2n) is 10.8. The highest BCUT2D eigenvalue weighted by Gasteiger charge is 2.22. The van der Waals surface area contributed by atoms with Crippen LogP contribution >= 0.6 is 0 Å². The number of ether oxygens (including phenoxy) is 1. The summed E-state index contributed by atoms with van der Waals surface area (Å²) in [6, 6.07) is 13.4. The zero-order valence-electron chi connectivity index (χ0n) is 24.3. The van der Waals surface area contributed by atoms with Gasteiger partial charge in [0.1, 0.15) is 5.75 Å². The molecule has 212 valence electrons. The van der Waals surface area contributed by atoms with Crippen molar-refractivity contribution in [2.45, 2.75) is 71.9 Å². The normalized spacial score (nSPS) is 14.6. The first-order chi connectivity index (χ1) is 19.4. The number of fused-ring (bicyclic) bond motifs is 1. The number of carbonyl (C=O) groups excluding carboxylic acids is 2. The molecule has 0 radical (unpaired) electrons. The van der Waals surface area contributed by atoms with Gasteiger partial charge in [-0.15, -0.1) is 0 Å². The predicted octanol–water partition coefficient (Wildman–Crippen LogP) is 6.15. The Kier molecular flexibility index (Phi) is 10.3. The zero-order valence-corrected chi connectivity index (χ0v) is 24.3. The van der Waals surface area contributed by atoms with Crippen molar-refractivity contribution < 1.29 is 14.3 Å². The molecule has 0 saturated heterocycles. The minimum atomic E-state index is -0.137. The summed E-state index contributed by atoms with van der Waals surface area (Å²) in [7, 11) is 1.69. The van der Waals surface area contributed by atoms with E-state index in [1.54, 1.807) is 31.6 Å². The van der Waals surface area contributed by atoms with Gasteiger partial charge in [0, 0.05) is 48.8 Å². The molecule has 1 aliphatic heterocycles. The van der Waals surface area contributed by atoms with Gasteiger partial charge in [-0.1, -0.05) is 33.1 Å². The fourth-order valence-electron chi connectivity index (χ4n) is 5.23. The lowest BCUT2D eigenvalue weighted by Crippen LogP contribution is -2.34. The zero-order chi connectivity index (χ0) is 28.5. The van der Waals surface area contributed by atoms with Gasteiger partial charge in [-0.3, -0.25) is 14.6 Å². The molecule has 4 rings (SSSR count). The molecule has 0 saturated carbocycles.